The molecule has 0 bridgehead atoms. The maximum absolute atomic E-state index is 12.9. The SMILES string of the molecule is Br.Br.CC1(C)Oc2ccc(F)nc2[C@H]1CN. The van der Waals surface area contributed by atoms with Gasteiger partial charge in [0.2, 0.25) is 5.95 Å². The Bertz CT molecular complexity index is 374. The summed E-state index contributed by atoms with van der Waals surface area (Å²) in [6, 6.07) is 2.91. The van der Waals surface area contributed by atoms with Crippen LogP contribution in [0.1, 0.15) is 25.5 Å². The van der Waals surface area contributed by atoms with Gasteiger partial charge in [0.1, 0.15) is 11.4 Å². The number of nitrogens with two attached hydrogens (primary N) is 1. The van der Waals surface area contributed by atoms with Crippen molar-refractivity contribution in [2.75, 3.05) is 6.54 Å². The summed E-state index contributed by atoms with van der Waals surface area (Å²) in [5, 5.41) is 0. The molecule has 1 aliphatic rings. The highest BCUT2D eigenvalue weighted by molar-refractivity contribution is 8.93. The van der Waals surface area contributed by atoms with Crippen LogP contribution in [0.15, 0.2) is 12.1 Å². The molecule has 1 atom stereocenters. The van der Waals surface area contributed by atoms with E-state index in [0.29, 0.717) is 18.0 Å². The molecule has 0 aromatic carbocycles. The van der Waals surface area contributed by atoms with Crippen LogP contribution in [-0.4, -0.2) is 17.1 Å². The van der Waals surface area contributed by atoms with Crippen molar-refractivity contribution in [1.82, 2.24) is 4.98 Å². The summed E-state index contributed by atoms with van der Waals surface area (Å²) in [5.74, 6) is 0.128. The van der Waals surface area contributed by atoms with Gasteiger partial charge in [0.25, 0.3) is 0 Å². The van der Waals surface area contributed by atoms with Crippen LogP contribution >= 0.6 is 34.0 Å². The van der Waals surface area contributed by atoms with Gasteiger partial charge in [-0.05, 0) is 26.0 Å². The normalized spacial score (nSPS) is 20.1. The predicted molar refractivity (Wildman–Crippen MR) is 71.3 cm³/mol. The summed E-state index contributed by atoms with van der Waals surface area (Å²) in [4.78, 5) is 3.83. The third-order valence-corrected chi connectivity index (χ3v) is 2.63. The number of hydrogen-bond donors (Lipinski definition) is 1. The predicted octanol–water partition coefficient (Wildman–Crippen LogP) is 2.59. The van der Waals surface area contributed by atoms with Crippen molar-refractivity contribution in [1.29, 1.82) is 0 Å². The Kier molecular flexibility index (Phi) is 5.35. The number of fused-ring (bicyclic) bond motifs is 1. The topological polar surface area (TPSA) is 48.1 Å². The Labute approximate surface area is 115 Å². The van der Waals surface area contributed by atoms with E-state index in [0.717, 1.165) is 0 Å². The summed E-state index contributed by atoms with van der Waals surface area (Å²) in [6.45, 7) is 4.28. The van der Waals surface area contributed by atoms with Gasteiger partial charge >= 0.3 is 0 Å². The molecule has 0 radical (unpaired) electrons. The molecule has 1 aromatic heterocycles. The van der Waals surface area contributed by atoms with Gasteiger partial charge < -0.3 is 10.5 Å². The van der Waals surface area contributed by atoms with E-state index in [1.165, 1.54) is 6.07 Å². The minimum absolute atomic E-state index is 0. The van der Waals surface area contributed by atoms with Gasteiger partial charge in [-0.25, -0.2) is 4.98 Å². The van der Waals surface area contributed by atoms with Gasteiger partial charge in [-0.15, -0.1) is 34.0 Å². The standard InChI is InChI=1S/C10H13FN2O.2BrH/c1-10(2)6(5-12)9-7(14-10)3-4-8(11)13-9;;/h3-4,6H,5,12H2,1-2H3;2*1H/t6-;;/m1../s1. The smallest absolute Gasteiger partial charge is 0.213 e. The Morgan fingerprint density at radius 1 is 1.44 bits per heavy atom. The van der Waals surface area contributed by atoms with Crippen molar-refractivity contribution < 1.29 is 9.13 Å². The van der Waals surface area contributed by atoms with Crippen molar-refractivity contribution >= 4 is 34.0 Å². The number of ether oxygens (including phenoxy) is 1. The maximum Gasteiger partial charge on any atom is 0.213 e. The zero-order chi connectivity index (χ0) is 10.3. The van der Waals surface area contributed by atoms with Crippen LogP contribution in [0.3, 0.4) is 0 Å². The number of pyridine rings is 1. The molecule has 1 aliphatic heterocycles. The molecule has 0 saturated carbocycles. The number of nitrogens with zero attached hydrogens (tertiary/aromatic N) is 1. The number of hydrogen-bond acceptors (Lipinski definition) is 3. The highest BCUT2D eigenvalue weighted by Gasteiger charge is 2.41. The van der Waals surface area contributed by atoms with Crippen molar-refractivity contribution in [2.24, 2.45) is 5.73 Å². The van der Waals surface area contributed by atoms with E-state index in [9.17, 15) is 4.39 Å². The van der Waals surface area contributed by atoms with Gasteiger partial charge in [-0.2, -0.15) is 4.39 Å². The first-order valence-corrected chi connectivity index (χ1v) is 4.60. The van der Waals surface area contributed by atoms with E-state index >= 15 is 0 Å². The number of rotatable bonds is 1. The second-order valence-corrected chi connectivity index (χ2v) is 4.01. The van der Waals surface area contributed by atoms with Gasteiger partial charge in [0, 0.05) is 6.54 Å². The van der Waals surface area contributed by atoms with E-state index in [1.54, 1.807) is 6.07 Å². The average Bonchev–Trinajstić information content (AvgIpc) is 2.34. The lowest BCUT2D eigenvalue weighted by atomic mass is 9.90. The first-order chi connectivity index (χ1) is 6.54. The fraction of sp³-hybridized carbons (Fsp3) is 0.500. The molecule has 16 heavy (non-hydrogen) atoms. The molecule has 6 heteroatoms. The van der Waals surface area contributed by atoms with Crippen LogP contribution in [0.2, 0.25) is 0 Å². The molecule has 92 valence electrons. The Hall–Kier alpha value is -0.200. The van der Waals surface area contributed by atoms with E-state index < -0.39 is 11.5 Å². The van der Waals surface area contributed by atoms with Crippen molar-refractivity contribution in [3.8, 4) is 5.75 Å². The Morgan fingerprint density at radius 2 is 2.06 bits per heavy atom. The highest BCUT2D eigenvalue weighted by Crippen LogP contribution is 2.42. The molecule has 0 spiro atoms. The van der Waals surface area contributed by atoms with Gasteiger partial charge in [-0.3, -0.25) is 0 Å². The fourth-order valence-corrected chi connectivity index (χ4v) is 1.85. The minimum Gasteiger partial charge on any atom is -0.485 e. The zero-order valence-electron chi connectivity index (χ0n) is 9.07. The molecular formula is C10H15Br2FN2O. The molecule has 2 N–H and O–H groups in total. The number of aromatic nitrogens is 1. The lowest BCUT2D eigenvalue weighted by Crippen LogP contribution is -2.34. The van der Waals surface area contributed by atoms with E-state index in [4.69, 9.17) is 10.5 Å². The molecule has 0 amide bonds. The quantitative estimate of drug-likeness (QED) is 0.786. The lowest BCUT2D eigenvalue weighted by molar-refractivity contribution is 0.112. The summed E-state index contributed by atoms with van der Waals surface area (Å²) in [5.41, 5.74) is 5.88. The highest BCUT2D eigenvalue weighted by atomic mass is 79.9. The second kappa shape index (κ2) is 5.42. The molecule has 0 fully saturated rings. The molecule has 2 rings (SSSR count). The zero-order valence-corrected chi connectivity index (χ0v) is 12.5. The molecule has 2 heterocycles. The van der Waals surface area contributed by atoms with Crippen LogP contribution in [0.5, 0.6) is 5.75 Å². The van der Waals surface area contributed by atoms with Gasteiger partial charge in [0.05, 0.1) is 11.6 Å². The van der Waals surface area contributed by atoms with E-state index in [1.807, 2.05) is 13.8 Å². The fourth-order valence-electron chi connectivity index (χ4n) is 1.85. The molecule has 1 aromatic rings. The van der Waals surface area contributed by atoms with Crippen LogP contribution < -0.4 is 10.5 Å². The van der Waals surface area contributed by atoms with Gasteiger partial charge in [0.15, 0.2) is 0 Å². The average molecular weight is 358 g/mol. The van der Waals surface area contributed by atoms with Crippen LogP contribution in [0.4, 0.5) is 4.39 Å². The summed E-state index contributed by atoms with van der Waals surface area (Å²) < 4.78 is 18.6. The summed E-state index contributed by atoms with van der Waals surface area (Å²) in [7, 11) is 0. The minimum atomic E-state index is -0.483. The molecule has 3 nitrogen and oxygen atoms in total. The maximum atomic E-state index is 12.9. The van der Waals surface area contributed by atoms with E-state index in [2.05, 4.69) is 4.98 Å². The third kappa shape index (κ3) is 2.55. The van der Waals surface area contributed by atoms with Crippen molar-refractivity contribution in [3.63, 3.8) is 0 Å². The Balaban J connectivity index is 0.00000112. The first kappa shape index (κ1) is 15.8. The number of halogens is 3. The van der Waals surface area contributed by atoms with E-state index in [-0.39, 0.29) is 39.9 Å². The van der Waals surface area contributed by atoms with Gasteiger partial charge in [-0.1, -0.05) is 0 Å². The monoisotopic (exact) mass is 356 g/mol. The summed E-state index contributed by atoms with van der Waals surface area (Å²) in [6.07, 6.45) is 0. The first-order valence-electron chi connectivity index (χ1n) is 4.60. The largest absolute Gasteiger partial charge is 0.485 e. The van der Waals surface area contributed by atoms with Crippen molar-refractivity contribution in [3.05, 3.63) is 23.8 Å². The summed E-state index contributed by atoms with van der Waals surface area (Å²) >= 11 is 0. The molecule has 0 saturated heterocycles. The van der Waals surface area contributed by atoms with Crippen molar-refractivity contribution in [2.45, 2.75) is 25.4 Å². The third-order valence-electron chi connectivity index (χ3n) is 2.63. The van der Waals surface area contributed by atoms with Crippen LogP contribution in [0.25, 0.3) is 0 Å². The van der Waals surface area contributed by atoms with Crippen LogP contribution in [-0.2, 0) is 0 Å². The lowest BCUT2D eigenvalue weighted by Gasteiger charge is -2.24. The molecule has 0 unspecified atom stereocenters. The Morgan fingerprint density at radius 3 is 2.62 bits per heavy atom. The molecule has 0 aliphatic carbocycles. The molecular weight excluding hydrogens is 343 g/mol. The van der Waals surface area contributed by atoms with Crippen LogP contribution in [0, 0.1) is 5.95 Å². The second-order valence-electron chi connectivity index (χ2n) is 4.01.